The minimum Gasteiger partial charge on any atom is -0.497 e. The molecular weight excluding hydrogens is 460 g/mol. The lowest BCUT2D eigenvalue weighted by Gasteiger charge is -2.50. The summed E-state index contributed by atoms with van der Waals surface area (Å²) in [4.78, 5) is 0. The Morgan fingerprint density at radius 3 is 1.94 bits per heavy atom. The molecule has 0 spiro atoms. The van der Waals surface area contributed by atoms with Gasteiger partial charge in [0.2, 0.25) is 0 Å². The fourth-order valence-electron chi connectivity index (χ4n) is 4.59. The summed E-state index contributed by atoms with van der Waals surface area (Å²) < 4.78 is 29.6. The lowest BCUT2D eigenvalue weighted by molar-refractivity contribution is -0.350. The number of methoxy groups -OCH3 is 2. The van der Waals surface area contributed by atoms with Gasteiger partial charge in [0.15, 0.2) is 6.29 Å². The molecule has 3 aromatic carbocycles. The molecular formula is C29H34O7. The molecule has 1 fully saturated rings. The van der Waals surface area contributed by atoms with Gasteiger partial charge in [0.1, 0.15) is 29.7 Å². The average Bonchev–Trinajstić information content (AvgIpc) is 2.92. The van der Waals surface area contributed by atoms with Gasteiger partial charge in [-0.3, -0.25) is 0 Å². The van der Waals surface area contributed by atoms with Gasteiger partial charge in [-0.15, -0.1) is 0 Å². The highest BCUT2D eigenvalue weighted by molar-refractivity contribution is 5.27. The normalized spacial score (nSPS) is 26.0. The molecule has 1 heterocycles. The molecule has 0 aliphatic carbocycles. The molecule has 3 aromatic rings. The average molecular weight is 495 g/mol. The highest BCUT2D eigenvalue weighted by Gasteiger charge is 2.57. The smallest absolute Gasteiger partial charge is 0.189 e. The zero-order valence-electron chi connectivity index (χ0n) is 20.7. The van der Waals surface area contributed by atoms with Gasteiger partial charge < -0.3 is 33.9 Å². The highest BCUT2D eigenvalue weighted by atomic mass is 16.7. The third kappa shape index (κ3) is 6.13. The largest absolute Gasteiger partial charge is 0.497 e. The summed E-state index contributed by atoms with van der Waals surface area (Å²) in [6, 6.07) is 26.9. The van der Waals surface area contributed by atoms with Crippen LogP contribution in [0.15, 0.2) is 84.9 Å². The molecule has 0 aromatic heterocycles. The fraction of sp³-hybridized carbons (Fsp3) is 0.379. The number of aliphatic hydroxyl groups excluding tert-OH is 1. The van der Waals surface area contributed by atoms with Crippen LogP contribution >= 0.6 is 0 Å². The van der Waals surface area contributed by atoms with E-state index in [2.05, 4.69) is 0 Å². The SMILES string of the molecule is COc1ccc(CO[C@H]2[C@H](OCc3ccccc3)[C@@H](CO)O[C@H](OC)[C@@]2(O)Cc2ccccc2)cc1. The maximum absolute atomic E-state index is 12.1. The first kappa shape index (κ1) is 26.3. The summed E-state index contributed by atoms with van der Waals surface area (Å²) in [6.45, 7) is 0.168. The van der Waals surface area contributed by atoms with Crippen molar-refractivity contribution in [3.63, 3.8) is 0 Å². The lowest BCUT2D eigenvalue weighted by Crippen LogP contribution is -2.69. The van der Waals surface area contributed by atoms with Crippen LogP contribution in [0.3, 0.4) is 0 Å². The monoisotopic (exact) mass is 494 g/mol. The Hall–Kier alpha value is -2.78. The van der Waals surface area contributed by atoms with Crippen LogP contribution < -0.4 is 4.74 Å². The van der Waals surface area contributed by atoms with E-state index in [0.29, 0.717) is 0 Å². The first-order valence-electron chi connectivity index (χ1n) is 12.0. The molecule has 0 bridgehead atoms. The zero-order valence-corrected chi connectivity index (χ0v) is 20.7. The van der Waals surface area contributed by atoms with Gasteiger partial charge in [-0.2, -0.15) is 0 Å². The van der Waals surface area contributed by atoms with E-state index in [-0.39, 0.29) is 26.2 Å². The molecule has 7 heteroatoms. The molecule has 192 valence electrons. The number of hydrogen-bond donors (Lipinski definition) is 2. The van der Waals surface area contributed by atoms with E-state index in [1.165, 1.54) is 7.11 Å². The van der Waals surface area contributed by atoms with Crippen LogP contribution in [0.25, 0.3) is 0 Å². The van der Waals surface area contributed by atoms with Crippen molar-refractivity contribution in [2.24, 2.45) is 0 Å². The first-order chi connectivity index (χ1) is 17.6. The van der Waals surface area contributed by atoms with Crippen molar-refractivity contribution in [3.8, 4) is 5.75 Å². The Morgan fingerprint density at radius 1 is 0.778 bits per heavy atom. The van der Waals surface area contributed by atoms with Gasteiger partial charge in [-0.25, -0.2) is 0 Å². The van der Waals surface area contributed by atoms with Gasteiger partial charge in [-0.05, 0) is 28.8 Å². The third-order valence-electron chi connectivity index (χ3n) is 6.46. The standard InChI is InChI=1S/C29H34O7/c1-32-24-15-13-23(14-16-24)20-35-27-26(34-19-22-11-7-4-8-12-22)25(18-30)36-28(33-2)29(27,31)17-21-9-5-3-6-10-21/h3-16,25-28,30-31H,17-20H2,1-2H3/t25-,26-,27+,28+,29-/m1/s1. The van der Waals surface area contributed by atoms with Crippen molar-refractivity contribution in [2.75, 3.05) is 20.8 Å². The predicted molar refractivity (Wildman–Crippen MR) is 134 cm³/mol. The molecule has 7 nitrogen and oxygen atoms in total. The number of hydrogen-bond acceptors (Lipinski definition) is 7. The van der Waals surface area contributed by atoms with E-state index in [0.717, 1.165) is 22.4 Å². The second-order valence-corrected chi connectivity index (χ2v) is 8.92. The molecule has 4 rings (SSSR count). The van der Waals surface area contributed by atoms with E-state index in [1.807, 2.05) is 84.9 Å². The van der Waals surface area contributed by atoms with Crippen molar-refractivity contribution in [3.05, 3.63) is 102 Å². The summed E-state index contributed by atoms with van der Waals surface area (Å²) in [5, 5.41) is 22.3. The summed E-state index contributed by atoms with van der Waals surface area (Å²) in [5.74, 6) is 0.745. The quantitative estimate of drug-likeness (QED) is 0.422. The molecule has 0 amide bonds. The predicted octanol–water partition coefficient (Wildman–Crippen LogP) is 3.50. The van der Waals surface area contributed by atoms with Crippen molar-refractivity contribution in [1.82, 2.24) is 0 Å². The van der Waals surface area contributed by atoms with Crippen LogP contribution in [0, 0.1) is 0 Å². The van der Waals surface area contributed by atoms with Crippen molar-refractivity contribution in [1.29, 1.82) is 0 Å². The van der Waals surface area contributed by atoms with E-state index >= 15 is 0 Å². The number of rotatable bonds is 11. The molecule has 1 aliphatic heterocycles. The second-order valence-electron chi connectivity index (χ2n) is 8.92. The Kier molecular flexibility index (Phi) is 9.09. The summed E-state index contributed by atoms with van der Waals surface area (Å²) in [5.41, 5.74) is 1.17. The topological polar surface area (TPSA) is 86.6 Å². The highest BCUT2D eigenvalue weighted by Crippen LogP contribution is 2.37. The van der Waals surface area contributed by atoms with Gasteiger partial charge in [-0.1, -0.05) is 72.8 Å². The second kappa shape index (κ2) is 12.5. The molecule has 1 saturated heterocycles. The molecule has 1 aliphatic rings. The van der Waals surface area contributed by atoms with Crippen molar-refractivity contribution in [2.45, 2.75) is 49.8 Å². The molecule has 0 radical (unpaired) electrons. The number of aliphatic hydroxyl groups is 2. The Balaban J connectivity index is 1.65. The molecule has 2 N–H and O–H groups in total. The van der Waals surface area contributed by atoms with E-state index < -0.39 is 30.2 Å². The summed E-state index contributed by atoms with van der Waals surface area (Å²) in [7, 11) is 3.09. The Bertz CT molecular complexity index is 1040. The van der Waals surface area contributed by atoms with E-state index in [4.69, 9.17) is 23.7 Å². The van der Waals surface area contributed by atoms with E-state index in [9.17, 15) is 10.2 Å². The van der Waals surface area contributed by atoms with Crippen LogP contribution in [0.4, 0.5) is 0 Å². The lowest BCUT2D eigenvalue weighted by atomic mass is 9.81. The molecule has 0 unspecified atom stereocenters. The fourth-order valence-corrected chi connectivity index (χ4v) is 4.59. The summed E-state index contributed by atoms with van der Waals surface area (Å²) >= 11 is 0. The third-order valence-corrected chi connectivity index (χ3v) is 6.46. The first-order valence-corrected chi connectivity index (χ1v) is 12.0. The van der Waals surface area contributed by atoms with Crippen molar-refractivity contribution < 1.29 is 33.9 Å². The maximum atomic E-state index is 12.1. The minimum atomic E-state index is -1.59. The van der Waals surface area contributed by atoms with Gasteiger partial charge in [0.05, 0.1) is 26.9 Å². The maximum Gasteiger partial charge on any atom is 0.189 e. The van der Waals surface area contributed by atoms with Crippen LogP contribution in [0.1, 0.15) is 16.7 Å². The molecule has 5 atom stereocenters. The van der Waals surface area contributed by atoms with Crippen LogP contribution in [-0.4, -0.2) is 61.2 Å². The van der Waals surface area contributed by atoms with Gasteiger partial charge in [0, 0.05) is 13.5 Å². The van der Waals surface area contributed by atoms with Crippen LogP contribution in [0.2, 0.25) is 0 Å². The molecule has 36 heavy (non-hydrogen) atoms. The minimum absolute atomic E-state index is 0.211. The number of benzene rings is 3. The Morgan fingerprint density at radius 2 is 1.36 bits per heavy atom. The Labute approximate surface area is 212 Å². The zero-order chi connectivity index (χ0) is 25.4. The molecule has 0 saturated carbocycles. The summed E-state index contributed by atoms with van der Waals surface area (Å²) in [6.07, 6.45) is -3.20. The van der Waals surface area contributed by atoms with Gasteiger partial charge in [0.25, 0.3) is 0 Å². The van der Waals surface area contributed by atoms with Crippen LogP contribution in [0.5, 0.6) is 5.75 Å². The van der Waals surface area contributed by atoms with Crippen molar-refractivity contribution >= 4 is 0 Å². The number of ether oxygens (including phenoxy) is 5. The van der Waals surface area contributed by atoms with Crippen LogP contribution in [-0.2, 0) is 38.6 Å². The van der Waals surface area contributed by atoms with Gasteiger partial charge >= 0.3 is 0 Å². The van der Waals surface area contributed by atoms with E-state index in [1.54, 1.807) is 7.11 Å².